The highest BCUT2D eigenvalue weighted by Gasteiger charge is 2.40. The Morgan fingerprint density at radius 2 is 1.08 bits per heavy atom. The molecule has 0 fully saturated rings. The second kappa shape index (κ2) is 12.0. The smallest absolute Gasteiger partial charge is 0.164 e. The Bertz CT molecular complexity index is 2820. The predicted molar refractivity (Wildman–Crippen MR) is 217 cm³/mol. The Hall–Kier alpha value is -6.50. The second-order valence-corrected chi connectivity index (χ2v) is 14.8. The summed E-state index contributed by atoms with van der Waals surface area (Å²) in [5.74, 6) is 2.17. The van der Waals surface area contributed by atoms with E-state index in [4.69, 9.17) is 15.0 Å². The number of rotatable bonds is 5. The SMILES string of the molecule is C1=CC2Sc3ccccc3C2c2c1c1c(c3ccccc3n1-c1cccc(-c3nc(-c4ccccc4)nc(-c4ccccc4)n3)c1)n2-c1ccccc1. The molecule has 0 bridgehead atoms. The highest BCUT2D eigenvalue weighted by Crippen LogP contribution is 2.55. The zero-order chi connectivity index (χ0) is 34.9. The van der Waals surface area contributed by atoms with Crippen LogP contribution in [0, 0.1) is 0 Å². The minimum Gasteiger partial charge on any atom is -0.310 e. The van der Waals surface area contributed by atoms with Crippen LogP contribution in [0.4, 0.5) is 0 Å². The summed E-state index contributed by atoms with van der Waals surface area (Å²) in [6.07, 6.45) is 4.80. The van der Waals surface area contributed by atoms with Crippen molar-refractivity contribution in [3.8, 4) is 45.5 Å². The van der Waals surface area contributed by atoms with Gasteiger partial charge in [0.2, 0.25) is 0 Å². The van der Waals surface area contributed by atoms with Gasteiger partial charge in [0, 0.05) is 60.8 Å². The molecule has 6 aromatic carbocycles. The lowest BCUT2D eigenvalue weighted by Gasteiger charge is -2.25. The summed E-state index contributed by atoms with van der Waals surface area (Å²) in [4.78, 5) is 16.4. The maximum atomic E-state index is 5.07. The van der Waals surface area contributed by atoms with E-state index in [1.807, 2.05) is 72.4 Å². The molecule has 2 atom stereocenters. The topological polar surface area (TPSA) is 48.5 Å². The van der Waals surface area contributed by atoms with Crippen LogP contribution in [-0.4, -0.2) is 29.3 Å². The Morgan fingerprint density at radius 3 is 1.81 bits per heavy atom. The highest BCUT2D eigenvalue weighted by molar-refractivity contribution is 8.00. The monoisotopic (exact) mass is 697 g/mol. The van der Waals surface area contributed by atoms with Crippen molar-refractivity contribution in [1.29, 1.82) is 0 Å². The summed E-state index contributed by atoms with van der Waals surface area (Å²) in [5.41, 5.74) is 12.7. The normalized spacial score (nSPS) is 15.8. The third-order valence-electron chi connectivity index (χ3n) is 10.5. The van der Waals surface area contributed by atoms with Crippen LogP contribution < -0.4 is 0 Å². The first-order valence-electron chi connectivity index (χ1n) is 17.9. The van der Waals surface area contributed by atoms with Gasteiger partial charge in [-0.25, -0.2) is 15.0 Å². The molecule has 3 aromatic heterocycles. The van der Waals surface area contributed by atoms with Crippen molar-refractivity contribution < 1.29 is 0 Å². The van der Waals surface area contributed by atoms with Gasteiger partial charge in [-0.05, 0) is 42.0 Å². The molecule has 2 aliphatic rings. The molecule has 250 valence electrons. The molecule has 0 saturated carbocycles. The van der Waals surface area contributed by atoms with Crippen LogP contribution in [0.1, 0.15) is 22.7 Å². The minimum absolute atomic E-state index is 0.236. The number of hydrogen-bond donors (Lipinski definition) is 0. The number of para-hydroxylation sites is 2. The quantitative estimate of drug-likeness (QED) is 0.180. The van der Waals surface area contributed by atoms with Crippen molar-refractivity contribution in [2.24, 2.45) is 0 Å². The van der Waals surface area contributed by atoms with Crippen LogP contribution >= 0.6 is 11.8 Å². The molecule has 9 aromatic rings. The molecule has 1 aliphatic heterocycles. The molecule has 0 N–H and O–H groups in total. The molecule has 6 heteroatoms. The molecule has 1 aliphatic carbocycles. The van der Waals surface area contributed by atoms with Gasteiger partial charge >= 0.3 is 0 Å². The van der Waals surface area contributed by atoms with Gasteiger partial charge in [-0.2, -0.15) is 0 Å². The number of benzene rings is 6. The van der Waals surface area contributed by atoms with Gasteiger partial charge < -0.3 is 9.13 Å². The summed E-state index contributed by atoms with van der Waals surface area (Å²) >= 11 is 1.98. The molecule has 4 heterocycles. The third kappa shape index (κ3) is 4.76. The van der Waals surface area contributed by atoms with Gasteiger partial charge in [0.15, 0.2) is 17.5 Å². The second-order valence-electron chi connectivity index (χ2n) is 13.6. The number of hydrogen-bond acceptors (Lipinski definition) is 4. The maximum absolute atomic E-state index is 5.07. The van der Waals surface area contributed by atoms with Gasteiger partial charge in [0.05, 0.1) is 16.6 Å². The molecular weight excluding hydrogens is 667 g/mol. The molecule has 0 spiro atoms. The summed E-state index contributed by atoms with van der Waals surface area (Å²) in [7, 11) is 0. The van der Waals surface area contributed by atoms with Crippen LogP contribution in [0.2, 0.25) is 0 Å². The number of thioether (sulfide) groups is 1. The first kappa shape index (κ1) is 30.2. The minimum atomic E-state index is 0.236. The third-order valence-corrected chi connectivity index (χ3v) is 11.8. The number of nitrogens with zero attached hydrogens (tertiary/aromatic N) is 5. The van der Waals surface area contributed by atoms with E-state index >= 15 is 0 Å². The predicted octanol–water partition coefficient (Wildman–Crippen LogP) is 11.4. The summed E-state index contributed by atoms with van der Waals surface area (Å²) in [6, 6.07) is 57.6. The molecule has 0 radical (unpaired) electrons. The van der Waals surface area contributed by atoms with E-state index in [1.54, 1.807) is 0 Å². The van der Waals surface area contributed by atoms with E-state index in [9.17, 15) is 0 Å². The Morgan fingerprint density at radius 1 is 0.491 bits per heavy atom. The standard InChI is InChI=1S/C47H31N5S/c1-4-15-30(16-5-1)45-48-46(31-17-6-2-7-18-31)50-47(49-45)32-19-14-22-34(29-32)51-38-25-12-10-23-35(38)43-44(51)37-27-28-40-41(36-24-11-13-26-39(36)53-40)42(37)52(43)33-20-8-3-9-21-33/h1-29,40-41H. The number of fused-ring (bicyclic) bond motifs is 9. The lowest BCUT2D eigenvalue weighted by molar-refractivity contribution is 0.783. The van der Waals surface area contributed by atoms with Crippen LogP contribution in [0.3, 0.4) is 0 Å². The number of aromatic nitrogens is 5. The Kier molecular flexibility index (Phi) is 6.85. The fourth-order valence-electron chi connectivity index (χ4n) is 8.25. The Labute approximate surface area is 311 Å². The molecular formula is C47H31N5S. The lowest BCUT2D eigenvalue weighted by atomic mass is 9.86. The van der Waals surface area contributed by atoms with E-state index in [1.165, 1.54) is 43.8 Å². The van der Waals surface area contributed by atoms with E-state index in [0.717, 1.165) is 27.9 Å². The van der Waals surface area contributed by atoms with Crippen LogP contribution in [0.5, 0.6) is 0 Å². The van der Waals surface area contributed by atoms with Crippen molar-refractivity contribution in [3.05, 3.63) is 187 Å². The highest BCUT2D eigenvalue weighted by atomic mass is 32.2. The van der Waals surface area contributed by atoms with Crippen molar-refractivity contribution in [1.82, 2.24) is 24.1 Å². The van der Waals surface area contributed by atoms with Gasteiger partial charge in [-0.15, -0.1) is 11.8 Å². The summed E-state index contributed by atoms with van der Waals surface area (Å²) in [5, 5.41) is 1.55. The Balaban J connectivity index is 1.17. The molecule has 0 amide bonds. The lowest BCUT2D eigenvalue weighted by Crippen LogP contribution is -2.17. The first-order valence-corrected chi connectivity index (χ1v) is 18.8. The largest absolute Gasteiger partial charge is 0.310 e. The van der Waals surface area contributed by atoms with Gasteiger partial charge in [0.1, 0.15) is 0 Å². The zero-order valence-corrected chi connectivity index (χ0v) is 29.4. The van der Waals surface area contributed by atoms with E-state index < -0.39 is 0 Å². The molecule has 0 saturated heterocycles. The maximum Gasteiger partial charge on any atom is 0.164 e. The molecule has 5 nitrogen and oxygen atoms in total. The van der Waals surface area contributed by atoms with Crippen LogP contribution in [0.25, 0.3) is 73.6 Å². The van der Waals surface area contributed by atoms with E-state index in [0.29, 0.717) is 22.7 Å². The van der Waals surface area contributed by atoms with Gasteiger partial charge in [-0.1, -0.05) is 140 Å². The summed E-state index contributed by atoms with van der Waals surface area (Å²) < 4.78 is 4.99. The molecule has 11 rings (SSSR count). The average Bonchev–Trinajstić information content (AvgIpc) is 3.89. The van der Waals surface area contributed by atoms with Crippen LogP contribution in [0.15, 0.2) is 175 Å². The van der Waals surface area contributed by atoms with E-state index in [-0.39, 0.29) is 5.92 Å². The average molecular weight is 698 g/mol. The fraction of sp³-hybridized carbons (Fsp3) is 0.0426. The van der Waals surface area contributed by atoms with Crippen molar-refractivity contribution in [2.45, 2.75) is 16.1 Å². The molecule has 2 unspecified atom stereocenters. The summed E-state index contributed by atoms with van der Waals surface area (Å²) in [6.45, 7) is 0. The fourth-order valence-corrected chi connectivity index (χ4v) is 9.60. The van der Waals surface area contributed by atoms with E-state index in [2.05, 4.69) is 124 Å². The van der Waals surface area contributed by atoms with Crippen molar-refractivity contribution in [2.75, 3.05) is 0 Å². The van der Waals surface area contributed by atoms with Crippen LogP contribution in [-0.2, 0) is 0 Å². The zero-order valence-electron chi connectivity index (χ0n) is 28.5. The van der Waals surface area contributed by atoms with Crippen molar-refractivity contribution in [3.63, 3.8) is 0 Å². The first-order chi connectivity index (χ1) is 26.3. The van der Waals surface area contributed by atoms with Gasteiger partial charge in [-0.3, -0.25) is 0 Å². The van der Waals surface area contributed by atoms with Crippen molar-refractivity contribution >= 4 is 39.8 Å². The van der Waals surface area contributed by atoms with Gasteiger partial charge in [0.25, 0.3) is 0 Å². The molecule has 53 heavy (non-hydrogen) atoms.